The minimum absolute atomic E-state index is 0.159. The Kier molecular flexibility index (Phi) is 5.95. The number of carbonyl (C=O) groups excluding carboxylic acids is 2. The van der Waals surface area contributed by atoms with Gasteiger partial charge >= 0.3 is 0 Å². The van der Waals surface area contributed by atoms with Crippen molar-refractivity contribution >= 4 is 29.2 Å². The number of carbonyl (C=O) groups is 2. The molecule has 1 unspecified atom stereocenters. The molecule has 3 rings (SSSR count). The lowest BCUT2D eigenvalue weighted by Gasteiger charge is -2.23. The first-order chi connectivity index (χ1) is 13.6. The monoisotopic (exact) mass is 418 g/mol. The second-order valence-corrected chi connectivity index (χ2v) is 7.89. The van der Waals surface area contributed by atoms with Gasteiger partial charge in [0.25, 0.3) is 5.91 Å². The lowest BCUT2D eigenvalue weighted by Crippen LogP contribution is -2.43. The average Bonchev–Trinajstić information content (AvgIpc) is 3.21. The number of amides is 2. The number of rotatable bonds is 7. The lowest BCUT2D eigenvalue weighted by molar-refractivity contribution is -0.132. The van der Waals surface area contributed by atoms with Gasteiger partial charge in [-0.3, -0.25) is 14.3 Å². The highest BCUT2D eigenvalue weighted by molar-refractivity contribution is 6.32. The predicted octanol–water partition coefficient (Wildman–Crippen LogP) is 2.44. The molecule has 0 fully saturated rings. The van der Waals surface area contributed by atoms with Crippen molar-refractivity contribution in [3.8, 4) is 5.75 Å². The summed E-state index contributed by atoms with van der Waals surface area (Å²) in [5.74, 6) is 0.515. The van der Waals surface area contributed by atoms with Gasteiger partial charge in [0, 0.05) is 18.3 Å². The zero-order valence-corrected chi connectivity index (χ0v) is 17.2. The Bertz CT molecular complexity index is 948. The highest BCUT2D eigenvalue weighted by Gasteiger charge is 2.31. The van der Waals surface area contributed by atoms with E-state index in [2.05, 4.69) is 10.4 Å². The summed E-state index contributed by atoms with van der Waals surface area (Å²) in [5, 5.41) is 17.2. The van der Waals surface area contributed by atoms with Gasteiger partial charge in [0.1, 0.15) is 17.6 Å². The maximum absolute atomic E-state index is 12.6. The average molecular weight is 419 g/mol. The summed E-state index contributed by atoms with van der Waals surface area (Å²) in [6.45, 7) is 5.42. The van der Waals surface area contributed by atoms with Crippen LogP contribution >= 0.6 is 11.6 Å². The molecule has 2 amide bonds. The van der Waals surface area contributed by atoms with Gasteiger partial charge in [-0.15, -0.1) is 0 Å². The van der Waals surface area contributed by atoms with Crippen LogP contribution in [-0.4, -0.2) is 49.8 Å². The molecule has 1 aliphatic heterocycles. The fourth-order valence-electron chi connectivity index (χ4n) is 2.86. The standard InChI is InChI=1S/C20H23ClN4O4/c1-13(19(27)22-17-8-9-24(23-17)12-20(2,3)28)25-11-14(10-18(25)26)29-16-7-5-4-6-15(16)21/h4-10,13,28H,11-12H2,1-3H3,(H,22,23,27). The van der Waals surface area contributed by atoms with Gasteiger partial charge < -0.3 is 20.1 Å². The number of nitrogens with one attached hydrogen (secondary N) is 1. The van der Waals surface area contributed by atoms with E-state index in [-0.39, 0.29) is 24.9 Å². The van der Waals surface area contributed by atoms with Crippen LogP contribution in [0.5, 0.6) is 5.75 Å². The van der Waals surface area contributed by atoms with Crippen molar-refractivity contribution in [3.63, 3.8) is 0 Å². The van der Waals surface area contributed by atoms with Crippen LogP contribution in [0.25, 0.3) is 0 Å². The molecule has 0 radical (unpaired) electrons. The van der Waals surface area contributed by atoms with Gasteiger partial charge in [-0.2, -0.15) is 5.10 Å². The van der Waals surface area contributed by atoms with Crippen LogP contribution < -0.4 is 10.1 Å². The van der Waals surface area contributed by atoms with Gasteiger partial charge in [0.05, 0.1) is 23.7 Å². The molecule has 0 aliphatic carbocycles. The number of anilines is 1. The third kappa shape index (κ3) is 5.36. The van der Waals surface area contributed by atoms with Crippen molar-refractivity contribution in [2.24, 2.45) is 0 Å². The van der Waals surface area contributed by atoms with Crippen molar-refractivity contribution in [3.05, 3.63) is 53.4 Å². The molecule has 0 saturated heterocycles. The summed E-state index contributed by atoms with van der Waals surface area (Å²) >= 11 is 6.08. The Labute approximate surface area is 173 Å². The number of hydrogen-bond acceptors (Lipinski definition) is 5. The highest BCUT2D eigenvalue weighted by Crippen LogP contribution is 2.27. The number of para-hydroxylation sites is 1. The molecule has 9 heteroatoms. The number of halogens is 1. The summed E-state index contributed by atoms with van der Waals surface area (Å²) < 4.78 is 7.24. The largest absolute Gasteiger partial charge is 0.458 e. The van der Waals surface area contributed by atoms with Crippen molar-refractivity contribution in [1.29, 1.82) is 0 Å². The summed E-state index contributed by atoms with van der Waals surface area (Å²) in [4.78, 5) is 26.3. The minimum Gasteiger partial charge on any atom is -0.458 e. The van der Waals surface area contributed by atoms with Gasteiger partial charge in [-0.25, -0.2) is 0 Å². The van der Waals surface area contributed by atoms with Crippen LogP contribution in [-0.2, 0) is 16.1 Å². The molecule has 1 aromatic carbocycles. The molecule has 0 saturated carbocycles. The summed E-state index contributed by atoms with van der Waals surface area (Å²) in [5.41, 5.74) is -0.924. The molecule has 1 atom stereocenters. The van der Waals surface area contributed by atoms with Gasteiger partial charge in [-0.05, 0) is 32.9 Å². The second kappa shape index (κ2) is 8.26. The Hall–Kier alpha value is -2.84. The third-order valence-electron chi connectivity index (χ3n) is 4.26. The quantitative estimate of drug-likeness (QED) is 0.719. The molecule has 2 aromatic rings. The first-order valence-electron chi connectivity index (χ1n) is 9.12. The van der Waals surface area contributed by atoms with Crippen LogP contribution in [0.1, 0.15) is 20.8 Å². The number of hydrogen-bond donors (Lipinski definition) is 2. The van der Waals surface area contributed by atoms with Gasteiger partial charge in [0.15, 0.2) is 5.82 Å². The van der Waals surface area contributed by atoms with E-state index in [9.17, 15) is 14.7 Å². The van der Waals surface area contributed by atoms with E-state index in [1.807, 2.05) is 0 Å². The second-order valence-electron chi connectivity index (χ2n) is 7.49. The van der Waals surface area contributed by atoms with Gasteiger partial charge in [0.2, 0.25) is 5.91 Å². The Morgan fingerprint density at radius 3 is 2.79 bits per heavy atom. The van der Waals surface area contributed by atoms with Crippen molar-refractivity contribution < 1.29 is 19.4 Å². The minimum atomic E-state index is -0.924. The molecule has 0 spiro atoms. The zero-order chi connectivity index (χ0) is 21.2. The van der Waals surface area contributed by atoms with Crippen LogP contribution in [0.2, 0.25) is 5.02 Å². The molecule has 29 heavy (non-hydrogen) atoms. The normalized spacial score (nSPS) is 15.3. The third-order valence-corrected chi connectivity index (χ3v) is 4.57. The van der Waals surface area contributed by atoms with Gasteiger partial charge in [-0.1, -0.05) is 23.7 Å². The van der Waals surface area contributed by atoms with E-state index in [0.717, 1.165) is 0 Å². The Balaban J connectivity index is 1.59. The van der Waals surface area contributed by atoms with Crippen molar-refractivity contribution in [2.45, 2.75) is 39.0 Å². The first-order valence-corrected chi connectivity index (χ1v) is 9.50. The first kappa shape index (κ1) is 20.9. The number of nitrogens with zero attached hydrogens (tertiary/aromatic N) is 3. The number of ether oxygens (including phenoxy) is 1. The summed E-state index contributed by atoms with van der Waals surface area (Å²) in [6.07, 6.45) is 3.02. The van der Waals surface area contributed by atoms with Crippen LogP contribution in [0.15, 0.2) is 48.4 Å². The summed E-state index contributed by atoms with van der Waals surface area (Å²) in [6, 6.07) is 7.86. The van der Waals surface area contributed by atoms with Crippen LogP contribution in [0, 0.1) is 0 Å². The predicted molar refractivity (Wildman–Crippen MR) is 108 cm³/mol. The number of aromatic nitrogens is 2. The highest BCUT2D eigenvalue weighted by atomic mass is 35.5. The van der Waals surface area contributed by atoms with Crippen LogP contribution in [0.3, 0.4) is 0 Å². The molecule has 154 valence electrons. The number of aliphatic hydroxyl groups is 1. The lowest BCUT2D eigenvalue weighted by atomic mass is 10.1. The van der Waals surface area contributed by atoms with E-state index in [1.165, 1.54) is 11.0 Å². The van der Waals surface area contributed by atoms with E-state index >= 15 is 0 Å². The maximum Gasteiger partial charge on any atom is 0.251 e. The van der Waals surface area contributed by atoms with E-state index in [0.29, 0.717) is 22.3 Å². The molecule has 0 bridgehead atoms. The Morgan fingerprint density at radius 2 is 2.10 bits per heavy atom. The molecule has 1 aliphatic rings. The molecule has 2 heterocycles. The van der Waals surface area contributed by atoms with Crippen molar-refractivity contribution in [1.82, 2.24) is 14.7 Å². The van der Waals surface area contributed by atoms with E-state index in [1.54, 1.807) is 62.0 Å². The Morgan fingerprint density at radius 1 is 1.38 bits per heavy atom. The fraction of sp³-hybridized carbons (Fsp3) is 0.350. The molecular formula is C20H23ClN4O4. The van der Waals surface area contributed by atoms with E-state index in [4.69, 9.17) is 16.3 Å². The smallest absolute Gasteiger partial charge is 0.251 e. The maximum atomic E-state index is 12.6. The fourth-order valence-corrected chi connectivity index (χ4v) is 3.03. The van der Waals surface area contributed by atoms with Crippen molar-refractivity contribution in [2.75, 3.05) is 11.9 Å². The van der Waals surface area contributed by atoms with E-state index < -0.39 is 11.6 Å². The molecular weight excluding hydrogens is 396 g/mol. The topological polar surface area (TPSA) is 96.7 Å². The number of benzene rings is 1. The van der Waals surface area contributed by atoms with Crippen LogP contribution in [0.4, 0.5) is 5.82 Å². The molecule has 1 aromatic heterocycles. The zero-order valence-electron chi connectivity index (χ0n) is 16.4. The molecule has 2 N–H and O–H groups in total. The SMILES string of the molecule is CC(C(=O)Nc1ccn(CC(C)(C)O)n1)N1CC(Oc2ccccc2Cl)=CC1=O. The molecule has 8 nitrogen and oxygen atoms in total. The summed E-state index contributed by atoms with van der Waals surface area (Å²) in [7, 11) is 0.